The number of rotatable bonds is 31. The van der Waals surface area contributed by atoms with Crippen molar-refractivity contribution in [3.8, 4) is 34.1 Å². The average molecular weight is 1070 g/mol. The van der Waals surface area contributed by atoms with E-state index in [1.807, 2.05) is 48.5 Å². The summed E-state index contributed by atoms with van der Waals surface area (Å²) < 4.78 is 61.0. The Morgan fingerprint density at radius 2 is 0.474 bits per heavy atom. The predicted molar refractivity (Wildman–Crippen MR) is 324 cm³/mol. The molecule has 76 heavy (non-hydrogen) atoms. The zero-order valence-corrected chi connectivity index (χ0v) is 50.5. The van der Waals surface area contributed by atoms with E-state index in [0.717, 1.165) is 184 Å². The van der Waals surface area contributed by atoms with Gasteiger partial charge in [0.2, 0.25) is 0 Å². The lowest BCUT2D eigenvalue weighted by Gasteiger charge is -2.27. The quantitative estimate of drug-likeness (QED) is 0.0404. The summed E-state index contributed by atoms with van der Waals surface area (Å²) in [6.45, 7) is 26.1. The van der Waals surface area contributed by atoms with Crippen molar-refractivity contribution in [2.24, 2.45) is 0 Å². The number of unbranched alkanes of at least 4 members (excludes halogenated alkanes) is 4. The number of aryl methyl sites for hydroxylation is 8. The largest absolute Gasteiger partial charge is 0.462 e. The van der Waals surface area contributed by atoms with Gasteiger partial charge in [-0.3, -0.25) is 0 Å². The topological polar surface area (TPSA) is 71.1 Å². The van der Waals surface area contributed by atoms with Crippen LogP contribution in [0.3, 0.4) is 0 Å². The lowest BCUT2D eigenvalue weighted by molar-refractivity contribution is 0.390. The fourth-order valence-electron chi connectivity index (χ4n) is 10.7. The van der Waals surface area contributed by atoms with Crippen molar-refractivity contribution in [3.63, 3.8) is 0 Å². The molecule has 6 aromatic rings. The minimum atomic E-state index is -4.10. The molecule has 0 fully saturated rings. The molecular formula is C68H92O6P2. The molecule has 0 atom stereocenters. The van der Waals surface area contributed by atoms with Crippen LogP contribution >= 0.6 is 15.2 Å². The van der Waals surface area contributed by atoms with Crippen molar-refractivity contribution in [1.29, 1.82) is 0 Å². The van der Waals surface area contributed by atoms with Crippen LogP contribution in [0.5, 0.6) is 23.0 Å². The molecule has 0 radical (unpaired) electrons. The summed E-state index contributed by atoms with van der Waals surface area (Å²) >= 11 is 0. The van der Waals surface area contributed by atoms with Crippen molar-refractivity contribution in [2.75, 3.05) is 0 Å². The van der Waals surface area contributed by atoms with E-state index in [1.54, 1.807) is 0 Å². The van der Waals surface area contributed by atoms with E-state index in [9.17, 15) is 0 Å². The Kier molecular flexibility index (Phi) is 23.1. The Labute approximate surface area is 460 Å². The summed E-state index contributed by atoms with van der Waals surface area (Å²) in [4.78, 5) is 0. The second-order valence-corrected chi connectivity index (χ2v) is 24.2. The zero-order valence-electron chi connectivity index (χ0n) is 48.7. The summed E-state index contributed by atoms with van der Waals surface area (Å²) in [6, 6.07) is 33.1. The maximum absolute atomic E-state index is 16.3. The normalized spacial score (nSPS) is 11.8. The van der Waals surface area contributed by atoms with Gasteiger partial charge in [0.25, 0.3) is 0 Å². The fraction of sp³-hybridized carbons (Fsp3) is 0.471. The molecule has 6 aromatic carbocycles. The molecule has 0 unspecified atom stereocenters. The summed E-state index contributed by atoms with van der Waals surface area (Å²) in [5.74, 6) is 2.78. The average Bonchev–Trinajstić information content (AvgIpc) is 3.46. The molecule has 0 heterocycles. The molecular weight excluding hydrogens is 975 g/mol. The molecule has 0 aliphatic rings. The summed E-state index contributed by atoms with van der Waals surface area (Å²) in [5, 5.41) is 0.990. The molecule has 6 nitrogen and oxygen atoms in total. The van der Waals surface area contributed by atoms with Gasteiger partial charge in [-0.15, -0.1) is 0 Å². The molecule has 0 N–H and O–H groups in total. The smallest absolute Gasteiger partial charge is 0.412 e. The van der Waals surface area contributed by atoms with E-state index in [-0.39, 0.29) is 0 Å². The molecule has 0 aliphatic carbocycles. The van der Waals surface area contributed by atoms with Crippen molar-refractivity contribution in [2.45, 2.75) is 212 Å². The maximum atomic E-state index is 16.3. The van der Waals surface area contributed by atoms with Gasteiger partial charge in [0, 0.05) is 0 Å². The van der Waals surface area contributed by atoms with Crippen molar-refractivity contribution < 1.29 is 27.2 Å². The van der Waals surface area contributed by atoms with Crippen LogP contribution in [0.4, 0.5) is 0 Å². The van der Waals surface area contributed by atoms with Crippen LogP contribution in [-0.2, 0) is 86.2 Å². The highest BCUT2D eigenvalue weighted by Crippen LogP contribution is 2.54. The van der Waals surface area contributed by atoms with Crippen molar-refractivity contribution in [1.82, 2.24) is 0 Å². The van der Waals surface area contributed by atoms with Crippen LogP contribution in [-0.4, -0.2) is 0 Å². The third-order valence-electron chi connectivity index (χ3n) is 15.5. The molecule has 0 spiro atoms. The lowest BCUT2D eigenvalue weighted by Crippen LogP contribution is -2.18. The summed E-state index contributed by atoms with van der Waals surface area (Å²) in [7, 11) is -8.20. The minimum absolute atomic E-state index is 0.495. The summed E-state index contributed by atoms with van der Waals surface area (Å²) in [5.41, 5.74) is 15.3. The third kappa shape index (κ3) is 14.0. The first-order valence-corrected chi connectivity index (χ1v) is 32.7. The second-order valence-electron chi connectivity index (χ2n) is 20.5. The monoisotopic (exact) mass is 1070 g/mol. The SMILES string of the molecule is CCCCc1c(CC)ccc(CC)c1OP(=O)(Oc1c(CC)ccc(CC)c1CCCC)c1ccc(-c2ccc(P(=O)(Oc3c(CC)ccc(CC)c3CCCC)Oc3c(CC)ccc(CC)c3CCCC)cc2)cc1. The molecule has 0 aliphatic heterocycles. The maximum Gasteiger partial charge on any atom is 0.462 e. The number of hydrogen-bond donors (Lipinski definition) is 0. The van der Waals surface area contributed by atoms with E-state index in [4.69, 9.17) is 18.1 Å². The number of hydrogen-bond acceptors (Lipinski definition) is 6. The Bertz CT molecular complexity index is 2570. The molecule has 6 rings (SSSR count). The van der Waals surface area contributed by atoms with Gasteiger partial charge in [0.05, 0.1) is 10.6 Å². The van der Waals surface area contributed by atoms with E-state index >= 15 is 9.13 Å². The molecule has 0 aromatic heterocycles. The Hall–Kier alpha value is -5.02. The molecule has 0 amide bonds. The second kappa shape index (κ2) is 29.1. The zero-order chi connectivity index (χ0) is 54.8. The first-order chi connectivity index (χ1) is 36.9. The van der Waals surface area contributed by atoms with Gasteiger partial charge in [-0.2, -0.15) is 0 Å². The molecule has 8 heteroatoms. The highest BCUT2D eigenvalue weighted by Gasteiger charge is 2.37. The molecule has 0 bridgehead atoms. The van der Waals surface area contributed by atoms with Gasteiger partial charge < -0.3 is 18.1 Å². The van der Waals surface area contributed by atoms with Crippen LogP contribution in [0.15, 0.2) is 97.1 Å². The van der Waals surface area contributed by atoms with E-state index in [1.165, 1.54) is 22.3 Å². The van der Waals surface area contributed by atoms with E-state index in [2.05, 4.69) is 132 Å². The third-order valence-corrected chi connectivity index (χ3v) is 19.0. The Morgan fingerprint density at radius 3 is 0.658 bits per heavy atom. The fourth-order valence-corrected chi connectivity index (χ4v) is 14.1. The first kappa shape index (κ1) is 60.2. The standard InChI is InChI=1S/C68H92O6P2/c1-13-25-29-61-49(17-5)33-37-53(21-9)65(61)71-75(69,72-66-54(22-10)38-34-50(18-6)62(66)30-26-14-2)59-45-41-57(42-46-59)58-43-47-60(48-44-58)76(70,73-67-55(23-11)39-35-51(19-7)63(67)31-27-15-3)74-68-56(24-12)40-36-52(20-8)64(68)32-28-16-4/h33-48H,13-32H2,1-12H3. The van der Waals surface area contributed by atoms with Crippen LogP contribution in [0, 0.1) is 0 Å². The van der Waals surface area contributed by atoms with Crippen LogP contribution in [0.1, 0.15) is 201 Å². The Balaban J connectivity index is 1.50. The van der Waals surface area contributed by atoms with Crippen molar-refractivity contribution >= 4 is 25.8 Å². The van der Waals surface area contributed by atoms with Gasteiger partial charge in [0.1, 0.15) is 23.0 Å². The lowest BCUT2D eigenvalue weighted by atomic mass is 9.95. The minimum Gasteiger partial charge on any atom is -0.412 e. The first-order valence-electron chi connectivity index (χ1n) is 29.6. The van der Waals surface area contributed by atoms with Gasteiger partial charge in [-0.05, 0) is 205 Å². The van der Waals surface area contributed by atoms with Crippen LogP contribution < -0.4 is 28.7 Å². The summed E-state index contributed by atoms with van der Waals surface area (Å²) in [6.07, 6.45) is 17.8. The van der Waals surface area contributed by atoms with Gasteiger partial charge >= 0.3 is 15.2 Å². The predicted octanol–water partition coefficient (Wildman–Crippen LogP) is 19.2. The highest BCUT2D eigenvalue weighted by atomic mass is 31.2. The van der Waals surface area contributed by atoms with Gasteiger partial charge in [0.15, 0.2) is 0 Å². The van der Waals surface area contributed by atoms with E-state index in [0.29, 0.717) is 33.6 Å². The number of benzene rings is 6. The van der Waals surface area contributed by atoms with Gasteiger partial charge in [-0.1, -0.05) is 182 Å². The van der Waals surface area contributed by atoms with Gasteiger partial charge in [-0.25, -0.2) is 9.13 Å². The van der Waals surface area contributed by atoms with Crippen LogP contribution in [0.25, 0.3) is 11.1 Å². The van der Waals surface area contributed by atoms with Crippen LogP contribution in [0.2, 0.25) is 0 Å². The van der Waals surface area contributed by atoms with E-state index < -0.39 is 15.2 Å². The Morgan fingerprint density at radius 1 is 0.276 bits per heavy atom. The van der Waals surface area contributed by atoms with Crippen molar-refractivity contribution in [3.05, 3.63) is 164 Å². The molecule has 0 saturated carbocycles. The molecule has 0 saturated heterocycles. The molecule has 410 valence electrons. The highest BCUT2D eigenvalue weighted by molar-refractivity contribution is 7.63.